The minimum atomic E-state index is -2.88. The molecule has 16 heavy (non-hydrogen) atoms. The Morgan fingerprint density at radius 2 is 2.31 bits per heavy atom. The van der Waals surface area contributed by atoms with E-state index in [-0.39, 0.29) is 5.69 Å². The van der Waals surface area contributed by atoms with E-state index in [9.17, 15) is 13.6 Å². The van der Waals surface area contributed by atoms with Gasteiger partial charge in [-0.3, -0.25) is 4.79 Å². The summed E-state index contributed by atoms with van der Waals surface area (Å²) in [5.41, 5.74) is 0.242. The fourth-order valence-electron chi connectivity index (χ4n) is 1.13. The first kappa shape index (κ1) is 12.9. The monoisotopic (exact) mass is 252 g/mol. The lowest BCUT2D eigenvalue weighted by Crippen LogP contribution is -2.36. The molecule has 0 bridgehead atoms. The highest BCUT2D eigenvalue weighted by molar-refractivity contribution is 6.31. The number of carbonyl (C=O) groups is 1. The van der Waals surface area contributed by atoms with Crippen molar-refractivity contribution < 1.29 is 18.7 Å². The number of aliphatic hydroxyl groups is 1. The molecule has 1 aromatic heterocycles. The molecule has 0 fully saturated rings. The van der Waals surface area contributed by atoms with Crippen molar-refractivity contribution in [3.63, 3.8) is 0 Å². The predicted molar refractivity (Wildman–Crippen MR) is 54.8 cm³/mol. The normalized spacial score (nSPS) is 12.9. The maximum Gasteiger partial charge on any atom is 0.268 e. The van der Waals surface area contributed by atoms with Crippen LogP contribution in [0.3, 0.4) is 0 Å². The molecule has 0 aliphatic rings. The third-order valence-electron chi connectivity index (χ3n) is 1.97. The summed E-state index contributed by atoms with van der Waals surface area (Å²) in [5, 5.41) is 11.4. The number of hydrogen-bond acceptors (Lipinski definition) is 2. The lowest BCUT2D eigenvalue weighted by molar-refractivity contribution is -0.00274. The molecule has 1 heterocycles. The van der Waals surface area contributed by atoms with Gasteiger partial charge >= 0.3 is 0 Å². The van der Waals surface area contributed by atoms with Crippen molar-refractivity contribution in [3.05, 3.63) is 23.0 Å². The first-order chi connectivity index (χ1) is 7.41. The zero-order chi connectivity index (χ0) is 12.3. The van der Waals surface area contributed by atoms with Gasteiger partial charge in [0.15, 0.2) is 0 Å². The summed E-state index contributed by atoms with van der Waals surface area (Å²) in [5.74, 6) is -0.561. The van der Waals surface area contributed by atoms with E-state index in [0.717, 1.165) is 0 Å². The standard InChI is InChI=1S/C9H11ClF2N2O2/c1-14-4-5(10)2-6(14)9(16)13-3-7(15)8(11)12/h2,4,7-8,15H,3H2,1H3,(H,13,16). The predicted octanol–water partition coefficient (Wildman–Crippen LogP) is 1.03. The highest BCUT2D eigenvalue weighted by Crippen LogP contribution is 2.12. The van der Waals surface area contributed by atoms with Gasteiger partial charge in [-0.05, 0) is 6.07 Å². The number of halogens is 3. The van der Waals surface area contributed by atoms with E-state index in [2.05, 4.69) is 5.32 Å². The van der Waals surface area contributed by atoms with Gasteiger partial charge in [-0.25, -0.2) is 8.78 Å². The number of carbonyl (C=O) groups excluding carboxylic acids is 1. The molecule has 90 valence electrons. The maximum absolute atomic E-state index is 11.9. The second-order valence-corrected chi connectivity index (χ2v) is 3.70. The van der Waals surface area contributed by atoms with E-state index >= 15 is 0 Å². The van der Waals surface area contributed by atoms with Crippen molar-refractivity contribution in [2.45, 2.75) is 12.5 Å². The fraction of sp³-hybridized carbons (Fsp3) is 0.444. The van der Waals surface area contributed by atoms with Crippen molar-refractivity contribution in [1.29, 1.82) is 0 Å². The van der Waals surface area contributed by atoms with Crippen LogP contribution in [0.1, 0.15) is 10.5 Å². The summed E-state index contributed by atoms with van der Waals surface area (Å²) in [6.45, 7) is -0.501. The minimum Gasteiger partial charge on any atom is -0.385 e. The molecule has 0 aliphatic carbocycles. The molecule has 1 unspecified atom stereocenters. The van der Waals surface area contributed by atoms with Gasteiger partial charge in [0.25, 0.3) is 12.3 Å². The molecule has 2 N–H and O–H groups in total. The van der Waals surface area contributed by atoms with Crippen LogP contribution in [0, 0.1) is 0 Å². The molecule has 0 saturated heterocycles. The molecule has 7 heteroatoms. The van der Waals surface area contributed by atoms with Crippen molar-refractivity contribution in [3.8, 4) is 0 Å². The highest BCUT2D eigenvalue weighted by Gasteiger charge is 2.18. The van der Waals surface area contributed by atoms with Gasteiger partial charge in [0.1, 0.15) is 11.8 Å². The van der Waals surface area contributed by atoms with Crippen LogP contribution in [0.25, 0.3) is 0 Å². The first-order valence-electron chi connectivity index (χ1n) is 4.48. The van der Waals surface area contributed by atoms with Gasteiger partial charge < -0.3 is 15.0 Å². The summed E-state index contributed by atoms with van der Waals surface area (Å²) in [4.78, 5) is 11.5. The smallest absolute Gasteiger partial charge is 0.268 e. The fourth-order valence-corrected chi connectivity index (χ4v) is 1.38. The number of aryl methyl sites for hydroxylation is 1. The van der Waals surface area contributed by atoms with Crippen LogP contribution in [-0.4, -0.2) is 34.7 Å². The summed E-state index contributed by atoms with van der Waals surface area (Å²) < 4.78 is 25.3. The molecule has 1 rings (SSSR count). The molecule has 0 aromatic carbocycles. The number of alkyl halides is 2. The largest absolute Gasteiger partial charge is 0.385 e. The van der Waals surface area contributed by atoms with Gasteiger partial charge in [-0.1, -0.05) is 11.6 Å². The second-order valence-electron chi connectivity index (χ2n) is 3.27. The lowest BCUT2D eigenvalue weighted by Gasteiger charge is -2.10. The van der Waals surface area contributed by atoms with Gasteiger partial charge in [0.2, 0.25) is 0 Å². The summed E-state index contributed by atoms with van der Waals surface area (Å²) >= 11 is 5.65. The van der Waals surface area contributed by atoms with Crippen molar-refractivity contribution in [2.24, 2.45) is 7.05 Å². The molecule has 4 nitrogen and oxygen atoms in total. The lowest BCUT2D eigenvalue weighted by atomic mass is 10.3. The van der Waals surface area contributed by atoms with Crippen LogP contribution in [0.5, 0.6) is 0 Å². The quantitative estimate of drug-likeness (QED) is 0.841. The van der Waals surface area contributed by atoms with Crippen LogP contribution < -0.4 is 5.32 Å². The van der Waals surface area contributed by atoms with Crippen LogP contribution in [-0.2, 0) is 7.05 Å². The Morgan fingerprint density at radius 3 is 2.75 bits per heavy atom. The van der Waals surface area contributed by atoms with Crippen LogP contribution in [0.4, 0.5) is 8.78 Å². The molecule has 0 aliphatic heterocycles. The SMILES string of the molecule is Cn1cc(Cl)cc1C(=O)NCC(O)C(F)F. The first-order valence-corrected chi connectivity index (χ1v) is 4.86. The van der Waals surface area contributed by atoms with Gasteiger partial charge in [0, 0.05) is 19.8 Å². The number of nitrogens with zero attached hydrogens (tertiary/aromatic N) is 1. The second kappa shape index (κ2) is 5.27. The van der Waals surface area contributed by atoms with Gasteiger partial charge in [-0.2, -0.15) is 0 Å². The number of hydrogen-bond donors (Lipinski definition) is 2. The van der Waals surface area contributed by atoms with E-state index in [0.29, 0.717) is 5.02 Å². The Hall–Kier alpha value is -1.14. The Balaban J connectivity index is 2.56. The van der Waals surface area contributed by atoms with Crippen molar-refractivity contribution >= 4 is 17.5 Å². The van der Waals surface area contributed by atoms with Crippen LogP contribution in [0.2, 0.25) is 5.02 Å². The molecular formula is C9H11ClF2N2O2. The average molecular weight is 253 g/mol. The zero-order valence-electron chi connectivity index (χ0n) is 8.45. The number of nitrogens with one attached hydrogen (secondary N) is 1. The third-order valence-corrected chi connectivity index (χ3v) is 2.17. The maximum atomic E-state index is 11.9. The van der Waals surface area contributed by atoms with Crippen molar-refractivity contribution in [1.82, 2.24) is 9.88 Å². The Bertz CT molecular complexity index is 382. The summed E-state index contributed by atoms with van der Waals surface area (Å²) in [6.07, 6.45) is -3.22. The van der Waals surface area contributed by atoms with E-state index in [1.54, 1.807) is 7.05 Å². The van der Waals surface area contributed by atoms with E-state index < -0.39 is 25.0 Å². The zero-order valence-corrected chi connectivity index (χ0v) is 9.21. The van der Waals surface area contributed by atoms with E-state index in [1.807, 2.05) is 0 Å². The van der Waals surface area contributed by atoms with Gasteiger partial charge in [-0.15, -0.1) is 0 Å². The van der Waals surface area contributed by atoms with E-state index in [1.165, 1.54) is 16.8 Å². The number of aliphatic hydroxyl groups excluding tert-OH is 1. The van der Waals surface area contributed by atoms with Crippen molar-refractivity contribution in [2.75, 3.05) is 6.54 Å². The minimum absolute atomic E-state index is 0.242. The topological polar surface area (TPSA) is 54.3 Å². The molecule has 1 aromatic rings. The van der Waals surface area contributed by atoms with Crippen LogP contribution in [0.15, 0.2) is 12.3 Å². The number of amides is 1. The van der Waals surface area contributed by atoms with Crippen LogP contribution >= 0.6 is 11.6 Å². The number of aromatic nitrogens is 1. The van der Waals surface area contributed by atoms with Gasteiger partial charge in [0.05, 0.1) is 5.02 Å². The Labute approximate surface area is 95.8 Å². The molecule has 0 saturated carbocycles. The third kappa shape index (κ3) is 3.18. The molecule has 1 atom stereocenters. The summed E-state index contributed by atoms with van der Waals surface area (Å²) in [6, 6.07) is 1.41. The Kier molecular flexibility index (Phi) is 4.26. The highest BCUT2D eigenvalue weighted by atomic mass is 35.5. The summed E-state index contributed by atoms with van der Waals surface area (Å²) in [7, 11) is 1.60. The molecular weight excluding hydrogens is 242 g/mol. The molecule has 0 spiro atoms. The molecule has 1 amide bonds. The molecule has 0 radical (unpaired) electrons. The average Bonchev–Trinajstić information content (AvgIpc) is 2.53. The Morgan fingerprint density at radius 1 is 1.69 bits per heavy atom. The number of rotatable bonds is 4. The van der Waals surface area contributed by atoms with E-state index in [4.69, 9.17) is 16.7 Å².